The summed E-state index contributed by atoms with van der Waals surface area (Å²) >= 11 is 24.1. The van der Waals surface area contributed by atoms with Gasteiger partial charge in [-0.15, -0.1) is 0 Å². The molecule has 0 radical (unpaired) electrons. The number of carbonyl (C=O) groups excluding carboxylic acids is 2. The van der Waals surface area contributed by atoms with Crippen LogP contribution in [-0.2, 0) is 13.1 Å². The molecule has 31 heavy (non-hydrogen) atoms. The van der Waals surface area contributed by atoms with E-state index in [0.717, 1.165) is 0 Å². The van der Waals surface area contributed by atoms with E-state index in [1.807, 2.05) is 0 Å². The van der Waals surface area contributed by atoms with Gasteiger partial charge in [0.15, 0.2) is 0 Å². The molecule has 0 unspecified atom stereocenters. The average molecular weight is 499 g/mol. The van der Waals surface area contributed by atoms with Gasteiger partial charge in [0.2, 0.25) is 0 Å². The van der Waals surface area contributed by atoms with Gasteiger partial charge in [0.1, 0.15) is 5.69 Å². The topological polar surface area (TPSA) is 93.2 Å². The Bertz CT molecular complexity index is 1190. The summed E-state index contributed by atoms with van der Waals surface area (Å²) < 4.78 is 1.68. The minimum absolute atomic E-state index is 0.146. The van der Waals surface area contributed by atoms with Crippen molar-refractivity contribution in [3.05, 3.63) is 67.7 Å². The number of anilines is 1. The molecule has 0 bridgehead atoms. The molecular weight excluding hydrogens is 484 g/mol. The van der Waals surface area contributed by atoms with E-state index in [1.54, 1.807) is 46.0 Å². The van der Waals surface area contributed by atoms with Crippen molar-refractivity contribution in [3.8, 4) is 11.3 Å². The van der Waals surface area contributed by atoms with Gasteiger partial charge in [-0.05, 0) is 30.3 Å². The number of aromatic nitrogens is 2. The van der Waals surface area contributed by atoms with E-state index in [-0.39, 0.29) is 18.1 Å². The van der Waals surface area contributed by atoms with Crippen LogP contribution in [-0.4, -0.2) is 33.2 Å². The Hall–Kier alpha value is -2.45. The maximum atomic E-state index is 12.8. The Morgan fingerprint density at radius 2 is 1.68 bits per heavy atom. The third-order valence-corrected chi connectivity index (χ3v) is 6.00. The van der Waals surface area contributed by atoms with Crippen LogP contribution in [0.3, 0.4) is 0 Å². The van der Waals surface area contributed by atoms with Gasteiger partial charge in [0.05, 0.1) is 34.4 Å². The van der Waals surface area contributed by atoms with Crippen molar-refractivity contribution in [2.75, 3.05) is 11.9 Å². The van der Waals surface area contributed by atoms with Gasteiger partial charge in [0, 0.05) is 27.8 Å². The van der Waals surface area contributed by atoms with Gasteiger partial charge in [-0.3, -0.25) is 9.48 Å². The second-order valence-electron chi connectivity index (χ2n) is 6.90. The van der Waals surface area contributed by atoms with Crippen molar-refractivity contribution in [1.29, 1.82) is 0 Å². The quantitative estimate of drug-likeness (QED) is 0.512. The zero-order chi connectivity index (χ0) is 22.3. The lowest BCUT2D eigenvalue weighted by molar-refractivity contribution is 0.0997. The first-order chi connectivity index (χ1) is 14.7. The zero-order valence-electron chi connectivity index (χ0n) is 15.8. The Kier molecular flexibility index (Phi) is 6.03. The summed E-state index contributed by atoms with van der Waals surface area (Å²) in [6.07, 6.45) is 0. The van der Waals surface area contributed by atoms with Crippen LogP contribution < -0.4 is 11.1 Å². The fraction of sp³-hybridized carbons (Fsp3) is 0.150. The summed E-state index contributed by atoms with van der Waals surface area (Å²) in [7, 11) is 0. The SMILES string of the molecule is NC(=O)c1c(-c2ccc(Cl)c(Cl)c2)nn2c1CN(C(=O)Nc1cc(Cl)cc(Cl)c1)CC2. The van der Waals surface area contributed by atoms with E-state index in [1.165, 1.54) is 0 Å². The van der Waals surface area contributed by atoms with Crippen LogP contribution in [0.15, 0.2) is 36.4 Å². The molecule has 0 atom stereocenters. The van der Waals surface area contributed by atoms with Gasteiger partial charge >= 0.3 is 6.03 Å². The standard InChI is InChI=1S/C20H15Cl4N5O2/c21-11-6-12(22)8-13(7-11)26-20(31)28-3-4-29-16(9-28)17(19(25)30)18(27-29)10-1-2-14(23)15(24)5-10/h1-2,5-8H,3-4,9H2,(H2,25,30)(H,26,31). The highest BCUT2D eigenvalue weighted by Gasteiger charge is 2.30. The normalized spacial score (nSPS) is 13.1. The first-order valence-electron chi connectivity index (χ1n) is 9.10. The smallest absolute Gasteiger partial charge is 0.322 e. The van der Waals surface area contributed by atoms with E-state index >= 15 is 0 Å². The van der Waals surface area contributed by atoms with Crippen molar-refractivity contribution >= 4 is 64.0 Å². The maximum Gasteiger partial charge on any atom is 0.322 e. The van der Waals surface area contributed by atoms with Gasteiger partial charge in [-0.2, -0.15) is 5.10 Å². The van der Waals surface area contributed by atoms with Crippen LogP contribution in [0.25, 0.3) is 11.3 Å². The molecule has 2 aromatic carbocycles. The summed E-state index contributed by atoms with van der Waals surface area (Å²) in [6, 6.07) is 9.35. The Labute approximate surface area is 197 Å². The summed E-state index contributed by atoms with van der Waals surface area (Å²) in [4.78, 5) is 26.6. The molecule has 0 aliphatic carbocycles. The molecule has 2 heterocycles. The number of carbonyl (C=O) groups is 2. The second kappa shape index (κ2) is 8.59. The summed E-state index contributed by atoms with van der Waals surface area (Å²) in [5, 5.41) is 8.83. The lowest BCUT2D eigenvalue weighted by atomic mass is 10.0. The van der Waals surface area contributed by atoms with Gasteiger partial charge in [0.25, 0.3) is 5.91 Å². The molecule has 1 aliphatic heterocycles. The van der Waals surface area contributed by atoms with E-state index in [4.69, 9.17) is 52.1 Å². The fourth-order valence-corrected chi connectivity index (χ4v) is 4.25. The van der Waals surface area contributed by atoms with Crippen molar-refractivity contribution < 1.29 is 9.59 Å². The van der Waals surface area contributed by atoms with Crippen LogP contribution in [0.5, 0.6) is 0 Å². The molecule has 1 aromatic heterocycles. The minimum Gasteiger partial charge on any atom is -0.365 e. The molecule has 3 amide bonds. The van der Waals surface area contributed by atoms with Crippen LogP contribution >= 0.6 is 46.4 Å². The van der Waals surface area contributed by atoms with Gasteiger partial charge in [-0.1, -0.05) is 52.5 Å². The molecule has 7 nitrogen and oxygen atoms in total. The van der Waals surface area contributed by atoms with Crippen molar-refractivity contribution in [1.82, 2.24) is 14.7 Å². The number of nitrogens with two attached hydrogens (primary N) is 1. The molecule has 1 aliphatic rings. The molecule has 0 saturated carbocycles. The number of urea groups is 1. The Morgan fingerprint density at radius 3 is 2.32 bits per heavy atom. The largest absolute Gasteiger partial charge is 0.365 e. The van der Waals surface area contributed by atoms with Gasteiger partial charge < -0.3 is 16.0 Å². The number of hydrogen-bond acceptors (Lipinski definition) is 3. The van der Waals surface area contributed by atoms with E-state index in [0.29, 0.717) is 55.8 Å². The molecule has 4 rings (SSSR count). The Balaban J connectivity index is 1.64. The highest BCUT2D eigenvalue weighted by molar-refractivity contribution is 6.42. The van der Waals surface area contributed by atoms with Gasteiger partial charge in [-0.25, -0.2) is 4.79 Å². The molecule has 0 saturated heterocycles. The molecule has 3 N–H and O–H groups in total. The number of benzene rings is 2. The number of amides is 3. The van der Waals surface area contributed by atoms with Crippen molar-refractivity contribution in [2.45, 2.75) is 13.1 Å². The fourth-order valence-electron chi connectivity index (χ4n) is 3.42. The number of rotatable bonds is 3. The minimum atomic E-state index is -0.647. The summed E-state index contributed by atoms with van der Waals surface area (Å²) in [6.45, 7) is 0.918. The molecular formula is C20H15Cl4N5O2. The number of halogens is 4. The van der Waals surface area contributed by atoms with Crippen molar-refractivity contribution in [2.24, 2.45) is 5.73 Å². The third kappa shape index (κ3) is 4.45. The number of nitrogens with zero attached hydrogens (tertiary/aromatic N) is 3. The highest BCUT2D eigenvalue weighted by Crippen LogP contribution is 2.32. The molecule has 11 heteroatoms. The van der Waals surface area contributed by atoms with Crippen LogP contribution in [0.2, 0.25) is 20.1 Å². The summed E-state index contributed by atoms with van der Waals surface area (Å²) in [5.74, 6) is -0.647. The van der Waals surface area contributed by atoms with E-state index in [9.17, 15) is 9.59 Å². The Morgan fingerprint density at radius 1 is 0.968 bits per heavy atom. The number of hydrogen-bond donors (Lipinski definition) is 2. The van der Waals surface area contributed by atoms with Crippen LogP contribution in [0, 0.1) is 0 Å². The first kappa shape index (κ1) is 21.8. The molecule has 0 fully saturated rings. The highest BCUT2D eigenvalue weighted by atomic mass is 35.5. The molecule has 160 valence electrons. The number of primary amides is 1. The monoisotopic (exact) mass is 497 g/mol. The van der Waals surface area contributed by atoms with E-state index < -0.39 is 5.91 Å². The average Bonchev–Trinajstić information content (AvgIpc) is 3.08. The lowest BCUT2D eigenvalue weighted by Crippen LogP contribution is -2.41. The van der Waals surface area contributed by atoms with Crippen LogP contribution in [0.4, 0.5) is 10.5 Å². The number of fused-ring (bicyclic) bond motifs is 1. The zero-order valence-corrected chi connectivity index (χ0v) is 18.9. The maximum absolute atomic E-state index is 12.8. The van der Waals surface area contributed by atoms with E-state index in [2.05, 4.69) is 10.4 Å². The number of nitrogens with one attached hydrogen (secondary N) is 1. The van der Waals surface area contributed by atoms with Crippen LogP contribution in [0.1, 0.15) is 16.1 Å². The van der Waals surface area contributed by atoms with Crippen molar-refractivity contribution in [3.63, 3.8) is 0 Å². The summed E-state index contributed by atoms with van der Waals surface area (Å²) in [5.41, 5.74) is 7.91. The molecule has 3 aromatic rings. The lowest BCUT2D eigenvalue weighted by Gasteiger charge is -2.28. The second-order valence-corrected chi connectivity index (χ2v) is 8.58. The predicted molar refractivity (Wildman–Crippen MR) is 122 cm³/mol. The first-order valence-corrected chi connectivity index (χ1v) is 10.6. The third-order valence-electron chi connectivity index (χ3n) is 4.82. The molecule has 0 spiro atoms. The predicted octanol–water partition coefficient (Wildman–Crippen LogP) is 5.31.